The molecule has 0 spiro atoms. The second-order valence-corrected chi connectivity index (χ2v) is 9.87. The van der Waals surface area contributed by atoms with Crippen LogP contribution in [0, 0.1) is 0 Å². The first-order chi connectivity index (χ1) is 10.3. The number of piperazine rings is 1. The molecule has 1 aromatic rings. The molecule has 2 fully saturated rings. The largest absolute Gasteiger partial charge is 0.368 e. The monoisotopic (exact) mass is 323 g/mol. The van der Waals surface area contributed by atoms with E-state index in [4.69, 9.17) is 0 Å². The molecule has 0 bridgehead atoms. The second-order valence-electron chi connectivity index (χ2n) is 7.22. The van der Waals surface area contributed by atoms with Crippen LogP contribution < -0.4 is 4.90 Å². The van der Waals surface area contributed by atoms with Crippen LogP contribution in [0.15, 0.2) is 23.4 Å². The van der Waals surface area contributed by atoms with Gasteiger partial charge in [0.25, 0.3) is 0 Å². The summed E-state index contributed by atoms with van der Waals surface area (Å²) in [6, 6.07) is 4.35. The molecule has 1 saturated carbocycles. The van der Waals surface area contributed by atoms with E-state index in [0.29, 0.717) is 0 Å². The minimum Gasteiger partial charge on any atom is -0.368 e. The zero-order valence-corrected chi connectivity index (χ0v) is 14.4. The first kappa shape index (κ1) is 15.7. The fraction of sp³-hybridized carbons (Fsp3) is 0.688. The summed E-state index contributed by atoms with van der Waals surface area (Å²) < 4.78 is 23.9. The number of pyridine rings is 1. The lowest BCUT2D eigenvalue weighted by atomic mass is 10.2. The van der Waals surface area contributed by atoms with E-state index in [1.165, 1.54) is 12.8 Å². The van der Waals surface area contributed by atoms with Crippen LogP contribution in [0.2, 0.25) is 0 Å². The van der Waals surface area contributed by atoms with Gasteiger partial charge in [0, 0.05) is 32.2 Å². The van der Waals surface area contributed by atoms with Crippen LogP contribution in [0.3, 0.4) is 0 Å². The van der Waals surface area contributed by atoms with Crippen molar-refractivity contribution in [3.63, 3.8) is 0 Å². The molecular formula is C16H25N3O2S. The van der Waals surface area contributed by atoms with E-state index in [-0.39, 0.29) is 5.03 Å². The lowest BCUT2D eigenvalue weighted by Gasteiger charge is -2.36. The summed E-state index contributed by atoms with van der Waals surface area (Å²) in [6.07, 6.45) is 4.40. The van der Waals surface area contributed by atoms with Gasteiger partial charge < -0.3 is 4.90 Å². The Bertz CT molecular complexity index is 622. The van der Waals surface area contributed by atoms with Crippen LogP contribution in [-0.2, 0) is 9.84 Å². The van der Waals surface area contributed by atoms with E-state index in [0.717, 1.165) is 37.9 Å². The summed E-state index contributed by atoms with van der Waals surface area (Å²) in [5, 5.41) is 0.167. The first-order valence-electron chi connectivity index (χ1n) is 7.99. The van der Waals surface area contributed by atoms with E-state index in [9.17, 15) is 8.42 Å². The average molecular weight is 323 g/mol. The second kappa shape index (κ2) is 5.49. The Morgan fingerprint density at radius 2 is 1.73 bits per heavy atom. The number of aromatic nitrogens is 1. The van der Waals surface area contributed by atoms with Crippen LogP contribution in [0.5, 0.6) is 0 Å². The summed E-state index contributed by atoms with van der Waals surface area (Å²) >= 11 is 0. The van der Waals surface area contributed by atoms with Crippen molar-refractivity contribution in [2.45, 2.75) is 49.4 Å². The summed E-state index contributed by atoms with van der Waals surface area (Å²) in [6.45, 7) is 9.27. The molecule has 2 aliphatic rings. The molecule has 0 amide bonds. The zero-order valence-electron chi connectivity index (χ0n) is 13.6. The summed E-state index contributed by atoms with van der Waals surface area (Å²) in [5.74, 6) is 0. The van der Waals surface area contributed by atoms with Gasteiger partial charge in [-0.2, -0.15) is 0 Å². The van der Waals surface area contributed by atoms with Gasteiger partial charge in [0.2, 0.25) is 0 Å². The normalized spacial score (nSPS) is 21.1. The molecule has 0 N–H and O–H groups in total. The van der Waals surface area contributed by atoms with Crippen molar-refractivity contribution in [1.82, 2.24) is 9.88 Å². The molecule has 1 saturated heterocycles. The summed E-state index contributed by atoms with van der Waals surface area (Å²) in [4.78, 5) is 9.06. The van der Waals surface area contributed by atoms with Crippen LogP contribution in [0.4, 0.5) is 5.69 Å². The van der Waals surface area contributed by atoms with Crippen molar-refractivity contribution in [3.8, 4) is 0 Å². The molecule has 2 heterocycles. The van der Waals surface area contributed by atoms with Crippen molar-refractivity contribution < 1.29 is 8.42 Å². The maximum atomic E-state index is 12.4. The van der Waals surface area contributed by atoms with Gasteiger partial charge >= 0.3 is 0 Å². The molecular weight excluding hydrogens is 298 g/mol. The Labute approximate surface area is 133 Å². The molecule has 3 rings (SSSR count). The lowest BCUT2D eigenvalue weighted by molar-refractivity contribution is 0.248. The molecule has 122 valence electrons. The Morgan fingerprint density at radius 3 is 2.18 bits per heavy atom. The van der Waals surface area contributed by atoms with Crippen molar-refractivity contribution in [2.75, 3.05) is 31.1 Å². The first-order valence-corrected chi connectivity index (χ1v) is 9.47. The standard InChI is InChI=1S/C16H25N3O2S/c1-16(2,3)22(20,21)15-7-6-14(12-17-15)19-10-8-18(9-11-19)13-4-5-13/h6-7,12-13H,4-5,8-11H2,1-3H3. The highest BCUT2D eigenvalue weighted by Crippen LogP contribution is 2.29. The van der Waals surface area contributed by atoms with E-state index in [1.807, 2.05) is 6.07 Å². The third-order valence-electron chi connectivity index (χ3n) is 4.54. The SMILES string of the molecule is CC(C)(C)S(=O)(=O)c1ccc(N2CCN(C3CC3)CC2)cn1. The van der Waals surface area contributed by atoms with E-state index < -0.39 is 14.6 Å². The fourth-order valence-corrected chi connectivity index (χ4v) is 3.88. The molecule has 0 radical (unpaired) electrons. The smallest absolute Gasteiger partial charge is 0.200 e. The van der Waals surface area contributed by atoms with Gasteiger partial charge in [-0.1, -0.05) is 0 Å². The van der Waals surface area contributed by atoms with Gasteiger partial charge in [0.1, 0.15) is 0 Å². The number of hydrogen-bond donors (Lipinski definition) is 0. The Morgan fingerprint density at radius 1 is 1.09 bits per heavy atom. The molecule has 0 atom stereocenters. The van der Waals surface area contributed by atoms with Crippen LogP contribution in [0.1, 0.15) is 33.6 Å². The zero-order chi connectivity index (χ0) is 16.0. The fourth-order valence-electron chi connectivity index (χ4n) is 2.82. The lowest BCUT2D eigenvalue weighted by Crippen LogP contribution is -2.47. The summed E-state index contributed by atoms with van der Waals surface area (Å²) in [5.41, 5.74) is 1.02. The van der Waals surface area contributed by atoms with Crippen molar-refractivity contribution in [1.29, 1.82) is 0 Å². The molecule has 1 aromatic heterocycles. The molecule has 6 heteroatoms. The molecule has 0 unspecified atom stereocenters. The maximum Gasteiger partial charge on any atom is 0.200 e. The van der Waals surface area contributed by atoms with Crippen LogP contribution >= 0.6 is 0 Å². The minimum absolute atomic E-state index is 0.167. The highest BCUT2D eigenvalue weighted by Gasteiger charge is 2.33. The van der Waals surface area contributed by atoms with Crippen molar-refractivity contribution >= 4 is 15.5 Å². The van der Waals surface area contributed by atoms with Crippen molar-refractivity contribution in [3.05, 3.63) is 18.3 Å². The Hall–Kier alpha value is -1.14. The highest BCUT2D eigenvalue weighted by molar-refractivity contribution is 7.92. The van der Waals surface area contributed by atoms with Crippen LogP contribution in [0.25, 0.3) is 0 Å². The van der Waals surface area contributed by atoms with E-state index in [2.05, 4.69) is 14.8 Å². The number of hydrogen-bond acceptors (Lipinski definition) is 5. The van der Waals surface area contributed by atoms with Crippen molar-refractivity contribution in [2.24, 2.45) is 0 Å². The summed E-state index contributed by atoms with van der Waals surface area (Å²) in [7, 11) is -3.37. The van der Waals surface area contributed by atoms with Gasteiger partial charge in [-0.3, -0.25) is 4.90 Å². The molecule has 1 aliphatic heterocycles. The Kier molecular flexibility index (Phi) is 3.93. The van der Waals surface area contributed by atoms with Gasteiger partial charge in [-0.15, -0.1) is 0 Å². The topological polar surface area (TPSA) is 53.5 Å². The highest BCUT2D eigenvalue weighted by atomic mass is 32.2. The molecule has 5 nitrogen and oxygen atoms in total. The van der Waals surface area contributed by atoms with Gasteiger partial charge in [0.15, 0.2) is 14.9 Å². The Balaban J connectivity index is 1.70. The number of sulfone groups is 1. The molecule has 1 aliphatic carbocycles. The van der Waals surface area contributed by atoms with Gasteiger partial charge in [-0.25, -0.2) is 13.4 Å². The predicted molar refractivity (Wildman–Crippen MR) is 88.0 cm³/mol. The number of rotatable bonds is 3. The van der Waals surface area contributed by atoms with E-state index in [1.54, 1.807) is 33.0 Å². The third-order valence-corrected chi connectivity index (χ3v) is 6.95. The predicted octanol–water partition coefficient (Wildman–Crippen LogP) is 1.94. The van der Waals surface area contributed by atoms with Gasteiger partial charge in [-0.05, 0) is 45.7 Å². The maximum absolute atomic E-state index is 12.4. The number of anilines is 1. The average Bonchev–Trinajstić information content (AvgIpc) is 3.31. The minimum atomic E-state index is -3.37. The molecule has 22 heavy (non-hydrogen) atoms. The van der Waals surface area contributed by atoms with Gasteiger partial charge in [0.05, 0.1) is 16.6 Å². The van der Waals surface area contributed by atoms with Crippen LogP contribution in [-0.4, -0.2) is 55.3 Å². The number of nitrogens with zero attached hydrogens (tertiary/aromatic N) is 3. The third kappa shape index (κ3) is 2.99. The van der Waals surface area contributed by atoms with E-state index >= 15 is 0 Å². The molecule has 0 aromatic carbocycles. The quantitative estimate of drug-likeness (QED) is 0.851.